The Balaban J connectivity index is 2.19. The Hall–Kier alpha value is -0.950. The number of hydrogen-bond acceptors (Lipinski definition) is 5. The number of nitrogens with zero attached hydrogens (tertiary/aromatic N) is 4. The van der Waals surface area contributed by atoms with Crippen molar-refractivity contribution >= 4 is 51.5 Å². The lowest BCUT2D eigenvalue weighted by atomic mass is 10.1. The maximum atomic E-state index is 14.7. The standard InChI is InChI=1S/C13H12Cl3FN4O/c1-6-5-22-3-2-21(11(6)17)12-7-4-18-10(15)8(14)9(7)19-13(16)20-12/h4,6,11H,2-3,5H2,1H3. The fraction of sp³-hybridized carbons (Fsp3) is 0.462. The van der Waals surface area contributed by atoms with Crippen molar-refractivity contribution in [3.8, 4) is 0 Å². The molecule has 3 heterocycles. The number of pyridine rings is 1. The molecule has 5 nitrogen and oxygen atoms in total. The summed E-state index contributed by atoms with van der Waals surface area (Å²) < 4.78 is 20.1. The largest absolute Gasteiger partial charge is 0.379 e. The fourth-order valence-electron chi connectivity index (χ4n) is 2.38. The molecule has 9 heteroatoms. The SMILES string of the molecule is CC1COCCN(c2nc(Cl)nc3c(Cl)c(Cl)ncc23)C1F. The van der Waals surface area contributed by atoms with E-state index in [0.717, 1.165) is 0 Å². The maximum absolute atomic E-state index is 14.7. The number of aromatic nitrogens is 3. The first-order chi connectivity index (χ1) is 10.5. The van der Waals surface area contributed by atoms with Gasteiger partial charge >= 0.3 is 0 Å². The van der Waals surface area contributed by atoms with E-state index < -0.39 is 6.30 Å². The molecule has 1 aliphatic heterocycles. The van der Waals surface area contributed by atoms with Gasteiger partial charge in [-0.1, -0.05) is 30.1 Å². The molecule has 1 fully saturated rings. The topological polar surface area (TPSA) is 51.1 Å². The summed E-state index contributed by atoms with van der Waals surface area (Å²) in [5.74, 6) is 0.0351. The van der Waals surface area contributed by atoms with Gasteiger partial charge in [0.15, 0.2) is 6.30 Å². The van der Waals surface area contributed by atoms with E-state index in [9.17, 15) is 4.39 Å². The van der Waals surface area contributed by atoms with Gasteiger partial charge in [-0.2, -0.15) is 4.98 Å². The van der Waals surface area contributed by atoms with Crippen molar-refractivity contribution in [1.82, 2.24) is 15.0 Å². The summed E-state index contributed by atoms with van der Waals surface area (Å²) in [4.78, 5) is 13.7. The van der Waals surface area contributed by atoms with Crippen LogP contribution in [0.3, 0.4) is 0 Å². The molecule has 0 amide bonds. The van der Waals surface area contributed by atoms with Gasteiger partial charge in [-0.25, -0.2) is 14.4 Å². The smallest absolute Gasteiger partial charge is 0.224 e. The molecule has 2 unspecified atom stereocenters. The Kier molecular flexibility index (Phi) is 4.54. The average Bonchev–Trinajstić information content (AvgIpc) is 2.65. The summed E-state index contributed by atoms with van der Waals surface area (Å²) in [5, 5.41) is 0.741. The summed E-state index contributed by atoms with van der Waals surface area (Å²) in [6, 6.07) is 0. The number of fused-ring (bicyclic) bond motifs is 1. The minimum absolute atomic E-state index is 0.0308. The molecule has 0 radical (unpaired) electrons. The van der Waals surface area contributed by atoms with Crippen LogP contribution < -0.4 is 4.90 Å². The van der Waals surface area contributed by atoms with Crippen LogP contribution in [0.4, 0.5) is 10.2 Å². The second-order valence-corrected chi connectivity index (χ2v) is 6.13. The van der Waals surface area contributed by atoms with Gasteiger partial charge in [-0.15, -0.1) is 0 Å². The van der Waals surface area contributed by atoms with Crippen LogP contribution in [-0.2, 0) is 4.74 Å². The quantitative estimate of drug-likeness (QED) is 0.437. The Morgan fingerprint density at radius 3 is 2.86 bits per heavy atom. The molecule has 22 heavy (non-hydrogen) atoms. The predicted molar refractivity (Wildman–Crippen MR) is 84.6 cm³/mol. The highest BCUT2D eigenvalue weighted by Crippen LogP contribution is 2.34. The normalized spacial score (nSPS) is 22.9. The first kappa shape index (κ1) is 15.9. The van der Waals surface area contributed by atoms with Crippen molar-refractivity contribution in [2.45, 2.75) is 13.2 Å². The van der Waals surface area contributed by atoms with Gasteiger partial charge < -0.3 is 9.64 Å². The van der Waals surface area contributed by atoms with Gasteiger partial charge in [-0.3, -0.25) is 0 Å². The summed E-state index contributed by atoms with van der Waals surface area (Å²) in [6.07, 6.45) is 0.212. The molecular formula is C13H12Cl3FN4O. The number of alkyl halides is 1. The van der Waals surface area contributed by atoms with Crippen molar-refractivity contribution in [3.05, 3.63) is 21.7 Å². The van der Waals surface area contributed by atoms with Crippen molar-refractivity contribution in [2.24, 2.45) is 5.92 Å². The average molecular weight is 366 g/mol. The highest BCUT2D eigenvalue weighted by Gasteiger charge is 2.30. The summed E-state index contributed by atoms with van der Waals surface area (Å²) in [5.41, 5.74) is 0.349. The Labute approximate surface area is 141 Å². The molecule has 2 atom stereocenters. The van der Waals surface area contributed by atoms with Crippen LogP contribution in [0.15, 0.2) is 6.20 Å². The summed E-state index contributed by atoms with van der Waals surface area (Å²) in [7, 11) is 0. The van der Waals surface area contributed by atoms with E-state index >= 15 is 0 Å². The summed E-state index contributed by atoms with van der Waals surface area (Å²) >= 11 is 18.0. The molecule has 1 aliphatic rings. The molecule has 2 aromatic rings. The second-order valence-electron chi connectivity index (χ2n) is 5.06. The zero-order valence-corrected chi connectivity index (χ0v) is 13.8. The lowest BCUT2D eigenvalue weighted by Crippen LogP contribution is -2.37. The van der Waals surface area contributed by atoms with Crippen molar-refractivity contribution in [1.29, 1.82) is 0 Å². The highest BCUT2D eigenvalue weighted by molar-refractivity contribution is 6.44. The van der Waals surface area contributed by atoms with Crippen molar-refractivity contribution < 1.29 is 9.13 Å². The molecule has 118 valence electrons. The Morgan fingerprint density at radius 1 is 1.32 bits per heavy atom. The number of hydrogen-bond donors (Lipinski definition) is 0. The molecule has 2 aromatic heterocycles. The summed E-state index contributed by atoms with van der Waals surface area (Å²) in [6.45, 7) is 2.85. The minimum atomic E-state index is -1.26. The van der Waals surface area contributed by atoms with E-state index in [2.05, 4.69) is 15.0 Å². The van der Waals surface area contributed by atoms with Crippen LogP contribution in [0.5, 0.6) is 0 Å². The molecule has 0 aliphatic carbocycles. The molecule has 0 spiro atoms. The van der Waals surface area contributed by atoms with Crippen LogP contribution in [0.2, 0.25) is 15.5 Å². The van der Waals surface area contributed by atoms with Gasteiger partial charge in [0.05, 0.1) is 18.6 Å². The zero-order chi connectivity index (χ0) is 15.9. The van der Waals surface area contributed by atoms with Crippen LogP contribution in [0.25, 0.3) is 10.9 Å². The molecular weight excluding hydrogens is 354 g/mol. The molecule has 3 rings (SSSR count). The van der Waals surface area contributed by atoms with E-state index in [-0.39, 0.29) is 21.4 Å². The zero-order valence-electron chi connectivity index (χ0n) is 11.6. The third kappa shape index (κ3) is 2.80. The molecule has 0 saturated carbocycles. The number of ether oxygens (including phenoxy) is 1. The van der Waals surface area contributed by atoms with Crippen molar-refractivity contribution in [3.63, 3.8) is 0 Å². The van der Waals surface area contributed by atoms with Gasteiger partial charge in [0, 0.05) is 18.7 Å². The van der Waals surface area contributed by atoms with Gasteiger partial charge in [0.25, 0.3) is 0 Å². The van der Waals surface area contributed by atoms with Crippen LogP contribution in [-0.4, -0.2) is 41.0 Å². The van der Waals surface area contributed by atoms with Crippen LogP contribution in [0.1, 0.15) is 6.92 Å². The van der Waals surface area contributed by atoms with Crippen molar-refractivity contribution in [2.75, 3.05) is 24.7 Å². The van der Waals surface area contributed by atoms with E-state index in [1.54, 1.807) is 6.92 Å². The third-order valence-electron chi connectivity index (χ3n) is 3.49. The number of halogens is 4. The maximum Gasteiger partial charge on any atom is 0.224 e. The molecule has 0 aromatic carbocycles. The lowest BCUT2D eigenvalue weighted by molar-refractivity contribution is 0.105. The van der Waals surface area contributed by atoms with E-state index in [4.69, 9.17) is 39.5 Å². The predicted octanol–water partition coefficient (Wildman–Crippen LogP) is 3.75. The van der Waals surface area contributed by atoms with Crippen LogP contribution in [0, 0.1) is 5.92 Å². The van der Waals surface area contributed by atoms with Gasteiger partial charge in [-0.05, 0) is 11.6 Å². The first-order valence-electron chi connectivity index (χ1n) is 6.64. The molecule has 1 saturated heterocycles. The van der Waals surface area contributed by atoms with Crippen LogP contribution >= 0.6 is 34.8 Å². The van der Waals surface area contributed by atoms with E-state index in [0.29, 0.717) is 36.5 Å². The number of anilines is 1. The minimum Gasteiger partial charge on any atom is -0.379 e. The third-order valence-corrected chi connectivity index (χ3v) is 4.40. The Bertz CT molecular complexity index is 717. The second kappa shape index (κ2) is 6.28. The number of rotatable bonds is 1. The first-order valence-corrected chi connectivity index (χ1v) is 7.78. The lowest BCUT2D eigenvalue weighted by Gasteiger charge is -2.28. The monoisotopic (exact) mass is 364 g/mol. The molecule has 0 bridgehead atoms. The van der Waals surface area contributed by atoms with Gasteiger partial charge in [0.2, 0.25) is 5.28 Å². The van der Waals surface area contributed by atoms with E-state index in [1.165, 1.54) is 11.1 Å². The van der Waals surface area contributed by atoms with E-state index in [1.807, 2.05) is 0 Å². The Morgan fingerprint density at radius 2 is 2.09 bits per heavy atom. The van der Waals surface area contributed by atoms with Gasteiger partial charge in [0.1, 0.15) is 21.5 Å². The fourth-order valence-corrected chi connectivity index (χ4v) is 2.87. The molecule has 0 N–H and O–H groups in total. The highest BCUT2D eigenvalue weighted by atomic mass is 35.5.